The van der Waals surface area contributed by atoms with Gasteiger partial charge in [-0.3, -0.25) is 4.79 Å². The molecular formula is C11H18N2O2. The van der Waals surface area contributed by atoms with E-state index in [-0.39, 0.29) is 11.3 Å². The number of nitrogens with two attached hydrogens (primary N) is 1. The summed E-state index contributed by atoms with van der Waals surface area (Å²) in [5.74, 6) is 0.573. The van der Waals surface area contributed by atoms with Crippen molar-refractivity contribution in [3.63, 3.8) is 0 Å². The van der Waals surface area contributed by atoms with Gasteiger partial charge in [0.2, 0.25) is 5.91 Å². The van der Waals surface area contributed by atoms with Crippen molar-refractivity contribution in [1.29, 1.82) is 0 Å². The Bertz CT molecular complexity index is 312. The number of carbonyl (C=O) groups is 1. The van der Waals surface area contributed by atoms with Crippen LogP contribution in [0.4, 0.5) is 0 Å². The van der Waals surface area contributed by atoms with Gasteiger partial charge in [-0.05, 0) is 17.5 Å². The molecule has 1 rings (SSSR count). The molecule has 1 heterocycles. The van der Waals surface area contributed by atoms with E-state index in [1.807, 2.05) is 26.8 Å². The molecule has 4 heteroatoms. The summed E-state index contributed by atoms with van der Waals surface area (Å²) in [6.45, 7) is 6.19. The maximum absolute atomic E-state index is 11.6. The van der Waals surface area contributed by atoms with Crippen molar-refractivity contribution in [3.05, 3.63) is 24.2 Å². The van der Waals surface area contributed by atoms with Crippen LogP contribution in [0.1, 0.15) is 26.5 Å². The number of carbonyl (C=O) groups excluding carboxylic acids is 1. The van der Waals surface area contributed by atoms with Gasteiger partial charge in [-0.25, -0.2) is 0 Å². The maximum Gasteiger partial charge on any atom is 0.237 e. The highest BCUT2D eigenvalue weighted by Crippen LogP contribution is 2.17. The largest absolute Gasteiger partial charge is 0.467 e. The molecule has 0 aromatic carbocycles. The van der Waals surface area contributed by atoms with E-state index in [0.29, 0.717) is 6.54 Å². The van der Waals surface area contributed by atoms with E-state index < -0.39 is 6.04 Å². The third-order valence-electron chi connectivity index (χ3n) is 2.23. The van der Waals surface area contributed by atoms with Crippen LogP contribution >= 0.6 is 0 Å². The van der Waals surface area contributed by atoms with Crippen LogP contribution in [0.15, 0.2) is 22.8 Å². The van der Waals surface area contributed by atoms with Gasteiger partial charge in [0.15, 0.2) is 0 Å². The van der Waals surface area contributed by atoms with Gasteiger partial charge < -0.3 is 15.5 Å². The summed E-state index contributed by atoms with van der Waals surface area (Å²) < 4.78 is 5.09. The minimum Gasteiger partial charge on any atom is -0.467 e. The lowest BCUT2D eigenvalue weighted by atomic mass is 9.87. The third kappa shape index (κ3) is 3.40. The number of hydrogen-bond donors (Lipinski definition) is 2. The first-order valence-electron chi connectivity index (χ1n) is 4.97. The van der Waals surface area contributed by atoms with Crippen LogP contribution in [0, 0.1) is 5.41 Å². The lowest BCUT2D eigenvalue weighted by Gasteiger charge is -2.25. The van der Waals surface area contributed by atoms with Crippen molar-refractivity contribution in [3.8, 4) is 0 Å². The highest BCUT2D eigenvalue weighted by Gasteiger charge is 2.27. The van der Waals surface area contributed by atoms with Gasteiger partial charge in [0.25, 0.3) is 0 Å². The number of hydrogen-bond acceptors (Lipinski definition) is 3. The molecule has 84 valence electrons. The Hall–Kier alpha value is -1.29. The first kappa shape index (κ1) is 11.8. The average molecular weight is 210 g/mol. The van der Waals surface area contributed by atoms with E-state index in [0.717, 1.165) is 5.76 Å². The highest BCUT2D eigenvalue weighted by atomic mass is 16.3. The van der Waals surface area contributed by atoms with Crippen molar-refractivity contribution in [2.24, 2.45) is 11.1 Å². The standard InChI is InChI=1S/C11H18N2O2/c1-11(2,3)9(12)10(14)13-7-8-5-4-6-15-8/h4-6,9H,7,12H2,1-3H3,(H,13,14). The molecule has 4 nitrogen and oxygen atoms in total. The molecule has 3 N–H and O–H groups in total. The van der Waals surface area contributed by atoms with Crippen LogP contribution in [0.5, 0.6) is 0 Å². The Balaban J connectivity index is 2.43. The fraction of sp³-hybridized carbons (Fsp3) is 0.545. The molecule has 15 heavy (non-hydrogen) atoms. The van der Waals surface area contributed by atoms with E-state index in [2.05, 4.69) is 5.32 Å². The van der Waals surface area contributed by atoms with E-state index in [4.69, 9.17) is 10.2 Å². The van der Waals surface area contributed by atoms with Crippen LogP contribution in [0.3, 0.4) is 0 Å². The highest BCUT2D eigenvalue weighted by molar-refractivity contribution is 5.82. The van der Waals surface area contributed by atoms with Crippen LogP contribution in [-0.4, -0.2) is 11.9 Å². The maximum atomic E-state index is 11.6. The quantitative estimate of drug-likeness (QED) is 0.789. The minimum absolute atomic E-state index is 0.154. The minimum atomic E-state index is -0.507. The van der Waals surface area contributed by atoms with Crippen molar-refractivity contribution >= 4 is 5.91 Å². The van der Waals surface area contributed by atoms with Gasteiger partial charge in [-0.2, -0.15) is 0 Å². The number of nitrogens with one attached hydrogen (secondary N) is 1. The van der Waals surface area contributed by atoms with Crippen LogP contribution in [-0.2, 0) is 11.3 Å². The van der Waals surface area contributed by atoms with Crippen LogP contribution < -0.4 is 11.1 Å². The predicted octanol–water partition coefficient (Wildman–Crippen LogP) is 1.27. The molecule has 0 bridgehead atoms. The monoisotopic (exact) mass is 210 g/mol. The smallest absolute Gasteiger partial charge is 0.237 e. The summed E-state index contributed by atoms with van der Waals surface area (Å²) in [5.41, 5.74) is 5.56. The molecule has 0 aliphatic carbocycles. The van der Waals surface area contributed by atoms with Gasteiger partial charge in [0.05, 0.1) is 18.8 Å². The number of furan rings is 1. The van der Waals surface area contributed by atoms with Gasteiger partial charge in [0, 0.05) is 0 Å². The van der Waals surface area contributed by atoms with Gasteiger partial charge in [-0.15, -0.1) is 0 Å². The Kier molecular flexibility index (Phi) is 3.52. The zero-order valence-electron chi connectivity index (χ0n) is 9.41. The molecule has 0 aliphatic heterocycles. The van der Waals surface area contributed by atoms with E-state index >= 15 is 0 Å². The molecule has 1 unspecified atom stereocenters. The normalized spacial score (nSPS) is 13.6. The molecule has 1 aromatic rings. The Morgan fingerprint density at radius 1 is 1.60 bits per heavy atom. The topological polar surface area (TPSA) is 68.3 Å². The lowest BCUT2D eigenvalue weighted by molar-refractivity contribution is -0.124. The molecule has 0 saturated carbocycles. The molecule has 1 atom stereocenters. The molecule has 0 spiro atoms. The molecule has 1 amide bonds. The lowest BCUT2D eigenvalue weighted by Crippen LogP contribution is -2.48. The van der Waals surface area contributed by atoms with Crippen molar-refractivity contribution in [2.75, 3.05) is 0 Å². The molecule has 0 aliphatic rings. The third-order valence-corrected chi connectivity index (χ3v) is 2.23. The number of rotatable bonds is 3. The van der Waals surface area contributed by atoms with Gasteiger partial charge in [-0.1, -0.05) is 20.8 Å². The fourth-order valence-corrected chi connectivity index (χ4v) is 1.09. The Labute approximate surface area is 89.8 Å². The first-order chi connectivity index (χ1) is 6.91. The van der Waals surface area contributed by atoms with Crippen molar-refractivity contribution < 1.29 is 9.21 Å². The van der Waals surface area contributed by atoms with Gasteiger partial charge >= 0.3 is 0 Å². The summed E-state index contributed by atoms with van der Waals surface area (Å²) in [7, 11) is 0. The molecule has 0 radical (unpaired) electrons. The fourth-order valence-electron chi connectivity index (χ4n) is 1.09. The SMILES string of the molecule is CC(C)(C)C(N)C(=O)NCc1ccco1. The van der Waals surface area contributed by atoms with E-state index in [1.165, 1.54) is 0 Å². The Morgan fingerprint density at radius 3 is 2.73 bits per heavy atom. The summed E-state index contributed by atoms with van der Waals surface area (Å²) in [5, 5.41) is 2.73. The van der Waals surface area contributed by atoms with Crippen LogP contribution in [0.25, 0.3) is 0 Å². The summed E-state index contributed by atoms with van der Waals surface area (Å²) in [6.07, 6.45) is 1.57. The zero-order chi connectivity index (χ0) is 11.5. The second-order valence-corrected chi connectivity index (χ2v) is 4.64. The Morgan fingerprint density at radius 2 is 2.27 bits per heavy atom. The first-order valence-corrected chi connectivity index (χ1v) is 4.97. The molecule has 1 aromatic heterocycles. The molecular weight excluding hydrogens is 192 g/mol. The zero-order valence-corrected chi connectivity index (χ0v) is 9.41. The molecule has 0 fully saturated rings. The second kappa shape index (κ2) is 4.49. The van der Waals surface area contributed by atoms with Gasteiger partial charge in [0.1, 0.15) is 5.76 Å². The summed E-state index contributed by atoms with van der Waals surface area (Å²) >= 11 is 0. The van der Waals surface area contributed by atoms with E-state index in [9.17, 15) is 4.79 Å². The predicted molar refractivity (Wildman–Crippen MR) is 58.0 cm³/mol. The summed E-state index contributed by atoms with van der Waals surface area (Å²) in [6, 6.07) is 3.08. The van der Waals surface area contributed by atoms with Crippen molar-refractivity contribution in [2.45, 2.75) is 33.4 Å². The summed E-state index contributed by atoms with van der Waals surface area (Å²) in [4.78, 5) is 11.6. The van der Waals surface area contributed by atoms with E-state index in [1.54, 1.807) is 12.3 Å². The second-order valence-electron chi connectivity index (χ2n) is 4.64. The van der Waals surface area contributed by atoms with Crippen LogP contribution in [0.2, 0.25) is 0 Å². The number of amides is 1. The van der Waals surface area contributed by atoms with Crippen molar-refractivity contribution in [1.82, 2.24) is 5.32 Å². The molecule has 0 saturated heterocycles. The average Bonchev–Trinajstić information content (AvgIpc) is 2.63.